The average molecular weight is 342 g/mol. The third-order valence-corrected chi connectivity index (χ3v) is 5.73. The summed E-state index contributed by atoms with van der Waals surface area (Å²) in [5.41, 5.74) is 1.96. The molecule has 3 fully saturated rings. The van der Waals surface area contributed by atoms with Crippen molar-refractivity contribution in [1.82, 2.24) is 4.90 Å². The number of benzene rings is 1. The maximum atomic E-state index is 12.8. The molecule has 1 saturated carbocycles. The van der Waals surface area contributed by atoms with Crippen molar-refractivity contribution in [1.29, 1.82) is 0 Å². The van der Waals surface area contributed by atoms with Crippen LogP contribution < -0.4 is 4.90 Å². The first-order valence-corrected chi connectivity index (χ1v) is 9.53. The molecule has 2 saturated heterocycles. The molecule has 0 N–H and O–H groups in total. The number of morpholine rings is 1. The van der Waals surface area contributed by atoms with E-state index in [2.05, 4.69) is 0 Å². The van der Waals surface area contributed by atoms with E-state index in [1.165, 1.54) is 12.8 Å². The van der Waals surface area contributed by atoms with Crippen LogP contribution in [0.5, 0.6) is 0 Å². The van der Waals surface area contributed by atoms with Gasteiger partial charge in [0.25, 0.3) is 0 Å². The minimum absolute atomic E-state index is 0.195. The Morgan fingerprint density at radius 1 is 1.08 bits per heavy atom. The van der Waals surface area contributed by atoms with Gasteiger partial charge >= 0.3 is 0 Å². The molecule has 1 aromatic rings. The van der Waals surface area contributed by atoms with Crippen LogP contribution in [0.1, 0.15) is 44.1 Å². The fraction of sp³-hybridized carbons (Fsp3) is 0.600. The summed E-state index contributed by atoms with van der Waals surface area (Å²) in [6.07, 6.45) is 6.76. The number of rotatable bonds is 3. The first kappa shape index (κ1) is 16.6. The lowest BCUT2D eigenvalue weighted by atomic mass is 9.90. The summed E-state index contributed by atoms with van der Waals surface area (Å²) in [6.45, 7) is 2.16. The van der Waals surface area contributed by atoms with Crippen LogP contribution in [0.4, 0.5) is 5.69 Å². The first-order valence-electron chi connectivity index (χ1n) is 9.53. The van der Waals surface area contributed by atoms with Crippen LogP contribution in [0, 0.1) is 0 Å². The lowest BCUT2D eigenvalue weighted by Gasteiger charge is -2.43. The molecule has 25 heavy (non-hydrogen) atoms. The van der Waals surface area contributed by atoms with Crippen molar-refractivity contribution in [2.75, 3.05) is 24.6 Å². The number of carbonyl (C=O) groups is 2. The summed E-state index contributed by atoms with van der Waals surface area (Å²) in [4.78, 5) is 28.5. The zero-order valence-corrected chi connectivity index (χ0v) is 14.7. The quantitative estimate of drug-likeness (QED) is 0.848. The molecule has 1 aliphatic carbocycles. The standard InChI is InChI=1S/C20H26N2O3/c23-19-6-3-11-21(19)16-9-7-15(8-10-16)14-20(24)22-12-13-25-18-5-2-1-4-17(18)22/h7-10,17-18H,1-6,11-14H2/t17-,18+/m0/s1. The molecule has 134 valence electrons. The van der Waals surface area contributed by atoms with Crippen LogP contribution in [0.25, 0.3) is 0 Å². The normalized spacial score (nSPS) is 26.6. The number of anilines is 1. The number of nitrogens with zero attached hydrogens (tertiary/aromatic N) is 2. The number of ether oxygens (including phenoxy) is 1. The highest BCUT2D eigenvalue weighted by molar-refractivity contribution is 5.95. The molecule has 5 nitrogen and oxygen atoms in total. The van der Waals surface area contributed by atoms with E-state index in [9.17, 15) is 9.59 Å². The molecule has 2 amide bonds. The highest BCUT2D eigenvalue weighted by atomic mass is 16.5. The molecule has 2 atom stereocenters. The summed E-state index contributed by atoms with van der Waals surface area (Å²) in [6, 6.07) is 8.16. The molecule has 0 radical (unpaired) electrons. The molecular weight excluding hydrogens is 316 g/mol. The highest BCUT2D eigenvalue weighted by Crippen LogP contribution is 2.29. The number of hydrogen-bond acceptors (Lipinski definition) is 3. The van der Waals surface area contributed by atoms with Crippen molar-refractivity contribution < 1.29 is 14.3 Å². The Morgan fingerprint density at radius 3 is 2.64 bits per heavy atom. The minimum Gasteiger partial charge on any atom is -0.374 e. The van der Waals surface area contributed by atoms with Gasteiger partial charge in [-0.2, -0.15) is 0 Å². The summed E-state index contributed by atoms with van der Waals surface area (Å²) < 4.78 is 5.86. The summed E-state index contributed by atoms with van der Waals surface area (Å²) in [5.74, 6) is 0.394. The summed E-state index contributed by atoms with van der Waals surface area (Å²) in [7, 11) is 0. The molecule has 0 spiro atoms. The minimum atomic E-state index is 0.195. The number of fused-ring (bicyclic) bond motifs is 1. The Balaban J connectivity index is 1.41. The third-order valence-electron chi connectivity index (χ3n) is 5.73. The molecule has 0 aromatic heterocycles. The molecular formula is C20H26N2O3. The van der Waals surface area contributed by atoms with Crippen molar-refractivity contribution >= 4 is 17.5 Å². The Morgan fingerprint density at radius 2 is 1.88 bits per heavy atom. The van der Waals surface area contributed by atoms with Crippen LogP contribution in [-0.2, 0) is 20.7 Å². The maximum Gasteiger partial charge on any atom is 0.227 e. The van der Waals surface area contributed by atoms with Gasteiger partial charge in [-0.05, 0) is 37.0 Å². The van der Waals surface area contributed by atoms with Gasteiger partial charge in [0.15, 0.2) is 0 Å². The largest absolute Gasteiger partial charge is 0.374 e. The smallest absolute Gasteiger partial charge is 0.227 e. The van der Waals surface area contributed by atoms with E-state index in [1.54, 1.807) is 0 Å². The zero-order valence-electron chi connectivity index (χ0n) is 14.7. The first-order chi connectivity index (χ1) is 12.2. The van der Waals surface area contributed by atoms with Gasteiger partial charge in [-0.1, -0.05) is 25.0 Å². The Labute approximate surface area is 148 Å². The van der Waals surface area contributed by atoms with E-state index in [0.717, 1.165) is 37.1 Å². The van der Waals surface area contributed by atoms with Crippen molar-refractivity contribution in [2.24, 2.45) is 0 Å². The van der Waals surface area contributed by atoms with E-state index >= 15 is 0 Å². The zero-order chi connectivity index (χ0) is 17.2. The van der Waals surface area contributed by atoms with Crippen LogP contribution >= 0.6 is 0 Å². The fourth-order valence-corrected chi connectivity index (χ4v) is 4.40. The molecule has 0 bridgehead atoms. The van der Waals surface area contributed by atoms with Crippen LogP contribution in [0.15, 0.2) is 24.3 Å². The van der Waals surface area contributed by atoms with Crippen LogP contribution in [0.2, 0.25) is 0 Å². The van der Waals surface area contributed by atoms with E-state index in [0.29, 0.717) is 26.0 Å². The SMILES string of the molecule is O=C1CCCN1c1ccc(CC(=O)N2CCO[C@@H]3CCCC[C@@H]32)cc1. The molecule has 4 rings (SSSR count). The van der Waals surface area contributed by atoms with E-state index in [4.69, 9.17) is 4.74 Å². The van der Waals surface area contributed by atoms with Crippen LogP contribution in [-0.4, -0.2) is 48.6 Å². The van der Waals surface area contributed by atoms with Gasteiger partial charge in [0, 0.05) is 25.2 Å². The van der Waals surface area contributed by atoms with Crippen LogP contribution in [0.3, 0.4) is 0 Å². The Hall–Kier alpha value is -1.88. The molecule has 1 aromatic carbocycles. The van der Waals surface area contributed by atoms with Gasteiger partial charge in [0.1, 0.15) is 0 Å². The topological polar surface area (TPSA) is 49.9 Å². The van der Waals surface area contributed by atoms with Crippen molar-refractivity contribution in [2.45, 2.75) is 57.1 Å². The van der Waals surface area contributed by atoms with E-state index in [1.807, 2.05) is 34.1 Å². The number of amides is 2. The molecule has 0 unspecified atom stereocenters. The third kappa shape index (κ3) is 3.43. The lowest BCUT2D eigenvalue weighted by Crippen LogP contribution is -2.55. The molecule has 2 aliphatic heterocycles. The summed E-state index contributed by atoms with van der Waals surface area (Å²) in [5, 5.41) is 0. The van der Waals surface area contributed by atoms with Gasteiger partial charge < -0.3 is 14.5 Å². The van der Waals surface area contributed by atoms with Crippen molar-refractivity contribution in [3.63, 3.8) is 0 Å². The fourth-order valence-electron chi connectivity index (χ4n) is 4.40. The molecule has 2 heterocycles. The molecule has 3 aliphatic rings. The molecule has 5 heteroatoms. The highest BCUT2D eigenvalue weighted by Gasteiger charge is 2.36. The van der Waals surface area contributed by atoms with Gasteiger partial charge in [-0.25, -0.2) is 0 Å². The van der Waals surface area contributed by atoms with E-state index in [-0.39, 0.29) is 24.0 Å². The second-order valence-corrected chi connectivity index (χ2v) is 7.34. The van der Waals surface area contributed by atoms with Gasteiger partial charge in [-0.3, -0.25) is 9.59 Å². The van der Waals surface area contributed by atoms with Crippen molar-refractivity contribution in [3.05, 3.63) is 29.8 Å². The van der Waals surface area contributed by atoms with Gasteiger partial charge in [0.05, 0.1) is 25.2 Å². The van der Waals surface area contributed by atoms with Crippen molar-refractivity contribution in [3.8, 4) is 0 Å². The predicted molar refractivity (Wildman–Crippen MR) is 95.4 cm³/mol. The van der Waals surface area contributed by atoms with Gasteiger partial charge in [0.2, 0.25) is 11.8 Å². The number of carbonyl (C=O) groups excluding carboxylic acids is 2. The predicted octanol–water partition coefficient (Wildman–Crippen LogP) is 2.53. The Kier molecular flexibility index (Phi) is 4.75. The van der Waals surface area contributed by atoms with Gasteiger partial charge in [-0.15, -0.1) is 0 Å². The average Bonchev–Trinajstić information content (AvgIpc) is 3.08. The Bertz CT molecular complexity index is 641. The lowest BCUT2D eigenvalue weighted by molar-refractivity contribution is -0.148. The van der Waals surface area contributed by atoms with E-state index < -0.39 is 0 Å². The second kappa shape index (κ2) is 7.16. The second-order valence-electron chi connectivity index (χ2n) is 7.34. The monoisotopic (exact) mass is 342 g/mol. The number of hydrogen-bond donors (Lipinski definition) is 0. The summed E-state index contributed by atoms with van der Waals surface area (Å²) >= 11 is 0. The maximum absolute atomic E-state index is 12.8.